The number of ether oxygens (including phenoxy) is 1. The van der Waals surface area contributed by atoms with E-state index >= 15 is 0 Å². The molecule has 1 heterocycles. The minimum absolute atomic E-state index is 0.0133. The summed E-state index contributed by atoms with van der Waals surface area (Å²) in [6, 6.07) is 4.71. The summed E-state index contributed by atoms with van der Waals surface area (Å²) in [4.78, 5) is 13.1. The number of aliphatic carboxylic acids is 1. The highest BCUT2D eigenvalue weighted by Gasteiger charge is 2.32. The van der Waals surface area contributed by atoms with E-state index in [4.69, 9.17) is 33.0 Å². The number of carbonyl (C=O) groups is 1. The number of likely N-dealkylation sites (tertiary alicyclic amines) is 1. The van der Waals surface area contributed by atoms with E-state index in [0.717, 1.165) is 13.0 Å². The average molecular weight is 318 g/mol. The van der Waals surface area contributed by atoms with Gasteiger partial charge in [-0.15, -0.1) is 0 Å². The van der Waals surface area contributed by atoms with Crippen LogP contribution in [0.2, 0.25) is 10.0 Å². The van der Waals surface area contributed by atoms with Crippen molar-refractivity contribution in [2.75, 3.05) is 13.1 Å². The van der Waals surface area contributed by atoms with Gasteiger partial charge in [0.25, 0.3) is 0 Å². The van der Waals surface area contributed by atoms with Crippen molar-refractivity contribution in [1.82, 2.24) is 4.90 Å². The molecule has 0 radical (unpaired) electrons. The van der Waals surface area contributed by atoms with Crippen molar-refractivity contribution in [3.05, 3.63) is 28.2 Å². The fourth-order valence-corrected chi connectivity index (χ4v) is 2.75. The molecule has 2 rings (SSSR count). The highest BCUT2D eigenvalue weighted by atomic mass is 35.5. The van der Waals surface area contributed by atoms with E-state index in [1.54, 1.807) is 18.2 Å². The van der Waals surface area contributed by atoms with Gasteiger partial charge in [0, 0.05) is 19.2 Å². The van der Waals surface area contributed by atoms with Crippen molar-refractivity contribution >= 4 is 29.2 Å². The number of benzene rings is 1. The van der Waals surface area contributed by atoms with Crippen LogP contribution < -0.4 is 4.74 Å². The van der Waals surface area contributed by atoms with Gasteiger partial charge in [-0.2, -0.15) is 0 Å². The largest absolute Gasteiger partial charge is 0.489 e. The fraction of sp³-hybridized carbons (Fsp3) is 0.500. The summed E-state index contributed by atoms with van der Waals surface area (Å²) >= 11 is 11.8. The van der Waals surface area contributed by atoms with Crippen LogP contribution in [0.25, 0.3) is 0 Å². The number of hydrogen-bond donors (Lipinski definition) is 1. The van der Waals surface area contributed by atoms with Crippen LogP contribution in [0.1, 0.15) is 19.8 Å². The van der Waals surface area contributed by atoms with Crippen molar-refractivity contribution < 1.29 is 14.6 Å². The number of carboxylic acid groups (broad SMARTS) is 1. The molecule has 0 bridgehead atoms. The molecule has 1 N–H and O–H groups in total. The third-order valence-electron chi connectivity index (χ3n) is 3.48. The third-order valence-corrected chi connectivity index (χ3v) is 4.22. The lowest BCUT2D eigenvalue weighted by atomic mass is 10.2. The Bertz CT molecular complexity index is 495. The molecule has 0 aromatic heterocycles. The van der Waals surface area contributed by atoms with Crippen LogP contribution >= 0.6 is 23.2 Å². The van der Waals surface area contributed by atoms with Crippen molar-refractivity contribution in [2.45, 2.75) is 31.9 Å². The second-order valence-corrected chi connectivity index (χ2v) is 5.68. The highest BCUT2D eigenvalue weighted by molar-refractivity contribution is 6.42. The zero-order valence-electron chi connectivity index (χ0n) is 11.2. The molecular weight excluding hydrogens is 301 g/mol. The summed E-state index contributed by atoms with van der Waals surface area (Å²) in [5.74, 6) is -0.114. The second kappa shape index (κ2) is 6.66. The van der Waals surface area contributed by atoms with E-state index in [1.807, 2.05) is 11.8 Å². The van der Waals surface area contributed by atoms with Gasteiger partial charge in [-0.25, -0.2) is 0 Å². The van der Waals surface area contributed by atoms with E-state index in [1.165, 1.54) is 0 Å². The summed E-state index contributed by atoms with van der Waals surface area (Å²) in [5.41, 5.74) is 0. The molecular formula is C14H17Cl2NO3. The lowest BCUT2D eigenvalue weighted by molar-refractivity contribution is -0.143. The molecule has 20 heavy (non-hydrogen) atoms. The van der Waals surface area contributed by atoms with Crippen LogP contribution in [0.5, 0.6) is 5.75 Å². The molecule has 1 fully saturated rings. The van der Waals surface area contributed by atoms with Gasteiger partial charge in [-0.1, -0.05) is 30.1 Å². The minimum Gasteiger partial charge on any atom is -0.489 e. The first-order valence-electron chi connectivity index (χ1n) is 6.59. The SMILES string of the molecule is CC[C@H](C(=O)O)N1CC[C@@H](Oc2ccc(Cl)c(Cl)c2)C1. The highest BCUT2D eigenvalue weighted by Crippen LogP contribution is 2.28. The monoisotopic (exact) mass is 317 g/mol. The van der Waals surface area contributed by atoms with Crippen LogP contribution in [-0.2, 0) is 4.79 Å². The van der Waals surface area contributed by atoms with Gasteiger partial charge in [0.05, 0.1) is 10.0 Å². The zero-order valence-corrected chi connectivity index (χ0v) is 12.7. The predicted octanol–water partition coefficient (Wildman–Crippen LogP) is 3.31. The molecule has 1 aromatic carbocycles. The van der Waals surface area contributed by atoms with E-state index in [9.17, 15) is 4.79 Å². The van der Waals surface area contributed by atoms with E-state index in [-0.39, 0.29) is 6.10 Å². The number of hydrogen-bond acceptors (Lipinski definition) is 3. The lowest BCUT2D eigenvalue weighted by Crippen LogP contribution is -2.40. The summed E-state index contributed by atoms with van der Waals surface area (Å²) in [6.07, 6.45) is 1.39. The summed E-state index contributed by atoms with van der Waals surface area (Å²) in [5, 5.41) is 10.1. The maximum atomic E-state index is 11.2. The molecule has 110 valence electrons. The first-order chi connectivity index (χ1) is 9.51. The maximum absolute atomic E-state index is 11.2. The Morgan fingerprint density at radius 1 is 1.50 bits per heavy atom. The van der Waals surface area contributed by atoms with Gasteiger partial charge in [-0.05, 0) is 25.0 Å². The summed E-state index contributed by atoms with van der Waals surface area (Å²) in [6.45, 7) is 3.23. The van der Waals surface area contributed by atoms with Crippen molar-refractivity contribution in [3.63, 3.8) is 0 Å². The molecule has 4 nitrogen and oxygen atoms in total. The predicted molar refractivity (Wildman–Crippen MR) is 78.8 cm³/mol. The molecule has 2 atom stereocenters. The Morgan fingerprint density at radius 2 is 2.25 bits per heavy atom. The van der Waals surface area contributed by atoms with Crippen LogP contribution in [0, 0.1) is 0 Å². The first kappa shape index (κ1) is 15.4. The van der Waals surface area contributed by atoms with Gasteiger partial charge < -0.3 is 9.84 Å². The number of halogens is 2. The van der Waals surface area contributed by atoms with E-state index < -0.39 is 12.0 Å². The zero-order chi connectivity index (χ0) is 14.7. The normalized spacial score (nSPS) is 20.9. The number of carboxylic acids is 1. The summed E-state index contributed by atoms with van der Waals surface area (Å²) < 4.78 is 5.84. The standard InChI is InChI=1S/C14H17Cl2NO3/c1-2-13(14(18)19)17-6-5-10(8-17)20-9-3-4-11(15)12(16)7-9/h3-4,7,10,13H,2,5-6,8H2,1H3,(H,18,19)/t10-,13-/m1/s1. The molecule has 1 saturated heterocycles. The second-order valence-electron chi connectivity index (χ2n) is 4.86. The van der Waals surface area contributed by atoms with Crippen LogP contribution in [0.3, 0.4) is 0 Å². The maximum Gasteiger partial charge on any atom is 0.320 e. The molecule has 0 amide bonds. The van der Waals surface area contributed by atoms with E-state index in [2.05, 4.69) is 0 Å². The molecule has 0 spiro atoms. The van der Waals surface area contributed by atoms with Gasteiger partial charge >= 0.3 is 5.97 Å². The smallest absolute Gasteiger partial charge is 0.320 e. The van der Waals surface area contributed by atoms with Gasteiger partial charge in [0.1, 0.15) is 17.9 Å². The van der Waals surface area contributed by atoms with E-state index in [0.29, 0.717) is 28.8 Å². The first-order valence-corrected chi connectivity index (χ1v) is 7.35. The lowest BCUT2D eigenvalue weighted by Gasteiger charge is -2.22. The topological polar surface area (TPSA) is 49.8 Å². The van der Waals surface area contributed by atoms with Crippen molar-refractivity contribution in [3.8, 4) is 5.75 Å². The Hall–Kier alpha value is -0.970. The van der Waals surface area contributed by atoms with Gasteiger partial charge in [0.2, 0.25) is 0 Å². The number of nitrogens with zero attached hydrogens (tertiary/aromatic N) is 1. The number of rotatable bonds is 5. The molecule has 1 aliphatic rings. The molecule has 0 unspecified atom stereocenters. The Morgan fingerprint density at radius 3 is 2.85 bits per heavy atom. The summed E-state index contributed by atoms with van der Waals surface area (Å²) in [7, 11) is 0. The van der Waals surface area contributed by atoms with Gasteiger partial charge in [-0.3, -0.25) is 9.69 Å². The van der Waals surface area contributed by atoms with Crippen LogP contribution in [0.4, 0.5) is 0 Å². The van der Waals surface area contributed by atoms with Crippen molar-refractivity contribution in [2.24, 2.45) is 0 Å². The Labute approximate surface area is 128 Å². The van der Waals surface area contributed by atoms with Crippen LogP contribution in [-0.4, -0.2) is 41.2 Å². The molecule has 1 aliphatic heterocycles. The van der Waals surface area contributed by atoms with Crippen LogP contribution in [0.15, 0.2) is 18.2 Å². The van der Waals surface area contributed by atoms with Gasteiger partial charge in [0.15, 0.2) is 0 Å². The molecule has 0 saturated carbocycles. The molecule has 0 aliphatic carbocycles. The minimum atomic E-state index is -0.775. The third kappa shape index (κ3) is 3.57. The average Bonchev–Trinajstić information content (AvgIpc) is 2.82. The molecule has 6 heteroatoms. The quantitative estimate of drug-likeness (QED) is 0.905. The fourth-order valence-electron chi connectivity index (χ4n) is 2.46. The molecule has 1 aromatic rings. The Balaban J connectivity index is 1.96. The van der Waals surface area contributed by atoms with Crippen molar-refractivity contribution in [1.29, 1.82) is 0 Å². The Kier molecular flexibility index (Phi) is 5.13.